The molecule has 0 fully saturated rings. The molecule has 1 atom stereocenters. The summed E-state index contributed by atoms with van der Waals surface area (Å²) in [5.74, 6) is 0.427. The fraction of sp³-hybridized carbons (Fsp3) is 0.107. The molecule has 6 nitrogen and oxygen atoms in total. The lowest BCUT2D eigenvalue weighted by molar-refractivity contribution is -0.121. The van der Waals surface area contributed by atoms with Crippen LogP contribution in [0, 0.1) is 0 Å². The number of aromatic nitrogens is 1. The van der Waals surface area contributed by atoms with Gasteiger partial charge in [-0.1, -0.05) is 48.0 Å². The molecular formula is C28H22ClN3O3. The first-order valence-electron chi connectivity index (χ1n) is 11.2. The van der Waals surface area contributed by atoms with Crippen LogP contribution in [0.3, 0.4) is 0 Å². The molecule has 0 unspecified atom stereocenters. The monoisotopic (exact) mass is 483 g/mol. The zero-order valence-corrected chi connectivity index (χ0v) is 19.5. The predicted octanol–water partition coefficient (Wildman–Crippen LogP) is 5.73. The number of hydrogen-bond acceptors (Lipinski definition) is 4. The van der Waals surface area contributed by atoms with E-state index in [0.717, 1.165) is 11.1 Å². The van der Waals surface area contributed by atoms with Gasteiger partial charge in [0.1, 0.15) is 11.8 Å². The lowest BCUT2D eigenvalue weighted by Crippen LogP contribution is -2.50. The zero-order valence-electron chi connectivity index (χ0n) is 18.7. The molecular weight excluding hydrogens is 462 g/mol. The molecule has 0 radical (unpaired) electrons. The molecule has 7 heteroatoms. The fourth-order valence-corrected chi connectivity index (χ4v) is 4.24. The van der Waals surface area contributed by atoms with Gasteiger partial charge in [-0.05, 0) is 59.7 Å². The van der Waals surface area contributed by atoms with E-state index in [9.17, 15) is 9.59 Å². The Balaban J connectivity index is 1.42. The molecule has 5 rings (SSSR count). The van der Waals surface area contributed by atoms with Crippen molar-refractivity contribution in [1.82, 2.24) is 9.88 Å². The summed E-state index contributed by atoms with van der Waals surface area (Å²) < 4.78 is 5.80. The Morgan fingerprint density at radius 2 is 1.69 bits per heavy atom. The van der Waals surface area contributed by atoms with Gasteiger partial charge in [-0.15, -0.1) is 0 Å². The Hall–Kier alpha value is -4.16. The number of halogens is 1. The summed E-state index contributed by atoms with van der Waals surface area (Å²) in [7, 11) is 0. The summed E-state index contributed by atoms with van der Waals surface area (Å²) in [6.45, 7) is 0.332. The number of fused-ring (bicyclic) bond motifs is 1. The van der Waals surface area contributed by atoms with E-state index in [1.54, 1.807) is 71.8 Å². The first-order chi connectivity index (χ1) is 17.1. The molecule has 174 valence electrons. The van der Waals surface area contributed by atoms with Crippen LogP contribution in [0.2, 0.25) is 5.02 Å². The maximum atomic E-state index is 13.7. The summed E-state index contributed by atoms with van der Waals surface area (Å²) in [5, 5.41) is 3.51. The zero-order chi connectivity index (χ0) is 24.2. The van der Waals surface area contributed by atoms with Crippen molar-refractivity contribution in [3.05, 3.63) is 119 Å². The predicted molar refractivity (Wildman–Crippen MR) is 135 cm³/mol. The highest BCUT2D eigenvalue weighted by molar-refractivity contribution is 6.30. The molecule has 0 saturated heterocycles. The lowest BCUT2D eigenvalue weighted by Gasteiger charge is -2.36. The number of nitrogens with zero attached hydrogens (tertiary/aromatic N) is 2. The van der Waals surface area contributed by atoms with Crippen molar-refractivity contribution in [3.8, 4) is 11.6 Å². The molecule has 0 aliphatic carbocycles. The van der Waals surface area contributed by atoms with Gasteiger partial charge in [-0.25, -0.2) is 4.98 Å². The Labute approximate surface area is 208 Å². The lowest BCUT2D eigenvalue weighted by atomic mass is 9.92. The second-order valence-electron chi connectivity index (χ2n) is 8.22. The minimum atomic E-state index is -0.673. The minimum Gasteiger partial charge on any atom is -0.439 e. The van der Waals surface area contributed by atoms with Crippen LogP contribution < -0.4 is 10.1 Å². The Bertz CT molecular complexity index is 1360. The molecule has 1 N–H and O–H groups in total. The van der Waals surface area contributed by atoms with E-state index >= 15 is 0 Å². The number of benzene rings is 3. The van der Waals surface area contributed by atoms with Crippen LogP contribution in [0.5, 0.6) is 11.6 Å². The standard InChI is InChI=1S/C28H22ClN3O3/c29-22-11-13-23(14-12-22)31-27(33)25-17-19-6-1-2-7-21(19)18-32(25)28(34)20-8-5-9-24(16-20)35-26-10-3-4-15-30-26/h1-16,25H,17-18H2,(H,31,33)/t25-/m1/s1. The van der Waals surface area contributed by atoms with Gasteiger partial charge in [0, 0.05) is 41.5 Å². The van der Waals surface area contributed by atoms with E-state index in [0.29, 0.717) is 40.9 Å². The molecule has 2 heterocycles. The number of carbonyl (C=O) groups is 2. The van der Waals surface area contributed by atoms with E-state index < -0.39 is 6.04 Å². The van der Waals surface area contributed by atoms with Crippen molar-refractivity contribution in [2.75, 3.05) is 5.32 Å². The average Bonchev–Trinajstić information content (AvgIpc) is 2.89. The van der Waals surface area contributed by atoms with Gasteiger partial charge >= 0.3 is 0 Å². The average molecular weight is 484 g/mol. The number of hydrogen-bond donors (Lipinski definition) is 1. The van der Waals surface area contributed by atoms with Crippen molar-refractivity contribution >= 4 is 29.1 Å². The van der Waals surface area contributed by atoms with Gasteiger partial charge in [-0.3, -0.25) is 9.59 Å². The second-order valence-corrected chi connectivity index (χ2v) is 8.65. The van der Waals surface area contributed by atoms with E-state index in [1.807, 2.05) is 30.3 Å². The first-order valence-corrected chi connectivity index (χ1v) is 11.6. The van der Waals surface area contributed by atoms with E-state index in [4.69, 9.17) is 16.3 Å². The molecule has 3 aromatic carbocycles. The summed E-state index contributed by atoms with van der Waals surface area (Å²) in [6, 6.07) is 26.4. The van der Waals surface area contributed by atoms with Crippen LogP contribution in [0.4, 0.5) is 5.69 Å². The Morgan fingerprint density at radius 1 is 0.914 bits per heavy atom. The number of anilines is 1. The van der Waals surface area contributed by atoms with Crippen molar-refractivity contribution in [1.29, 1.82) is 0 Å². The van der Waals surface area contributed by atoms with Crippen LogP contribution in [0.15, 0.2) is 97.2 Å². The van der Waals surface area contributed by atoms with E-state index in [2.05, 4.69) is 10.3 Å². The number of ether oxygens (including phenoxy) is 1. The first kappa shape index (κ1) is 22.6. The molecule has 0 bridgehead atoms. The molecule has 35 heavy (non-hydrogen) atoms. The molecule has 1 aliphatic rings. The Kier molecular flexibility index (Phi) is 6.46. The molecule has 2 amide bonds. The highest BCUT2D eigenvalue weighted by Gasteiger charge is 2.35. The topological polar surface area (TPSA) is 71.5 Å². The van der Waals surface area contributed by atoms with Gasteiger partial charge in [-0.2, -0.15) is 0 Å². The fourth-order valence-electron chi connectivity index (χ4n) is 4.12. The molecule has 1 aromatic heterocycles. The van der Waals surface area contributed by atoms with Gasteiger partial charge in [0.25, 0.3) is 5.91 Å². The van der Waals surface area contributed by atoms with Crippen LogP contribution in [-0.4, -0.2) is 27.7 Å². The van der Waals surface area contributed by atoms with Gasteiger partial charge in [0.2, 0.25) is 11.8 Å². The number of amides is 2. The van der Waals surface area contributed by atoms with Crippen LogP contribution >= 0.6 is 11.6 Å². The molecule has 0 saturated carbocycles. The number of nitrogens with one attached hydrogen (secondary N) is 1. The largest absolute Gasteiger partial charge is 0.439 e. The van der Waals surface area contributed by atoms with Crippen LogP contribution in [0.25, 0.3) is 0 Å². The Morgan fingerprint density at radius 3 is 2.46 bits per heavy atom. The van der Waals surface area contributed by atoms with Gasteiger partial charge in [0.15, 0.2) is 0 Å². The number of rotatable bonds is 5. The van der Waals surface area contributed by atoms with Gasteiger partial charge in [0.05, 0.1) is 0 Å². The second kappa shape index (κ2) is 9.99. The maximum absolute atomic E-state index is 13.7. The van der Waals surface area contributed by atoms with Crippen molar-refractivity contribution in [2.45, 2.75) is 19.0 Å². The number of carbonyl (C=O) groups excluding carboxylic acids is 2. The smallest absolute Gasteiger partial charge is 0.254 e. The third-order valence-corrected chi connectivity index (χ3v) is 6.12. The van der Waals surface area contributed by atoms with E-state index in [-0.39, 0.29) is 11.8 Å². The highest BCUT2D eigenvalue weighted by Crippen LogP contribution is 2.28. The third kappa shape index (κ3) is 5.18. The quantitative estimate of drug-likeness (QED) is 0.393. The van der Waals surface area contributed by atoms with Gasteiger partial charge < -0.3 is 15.0 Å². The maximum Gasteiger partial charge on any atom is 0.254 e. The molecule has 4 aromatic rings. The molecule has 0 spiro atoms. The molecule has 1 aliphatic heterocycles. The summed E-state index contributed by atoms with van der Waals surface area (Å²) >= 11 is 5.97. The SMILES string of the molecule is O=C(Nc1ccc(Cl)cc1)[C@H]1Cc2ccccc2CN1C(=O)c1cccc(Oc2ccccn2)c1. The normalized spacial score (nSPS) is 14.7. The van der Waals surface area contributed by atoms with Crippen molar-refractivity contribution in [3.63, 3.8) is 0 Å². The summed E-state index contributed by atoms with van der Waals surface area (Å²) in [6.07, 6.45) is 2.06. The van der Waals surface area contributed by atoms with Crippen molar-refractivity contribution in [2.24, 2.45) is 0 Å². The van der Waals surface area contributed by atoms with Crippen LogP contribution in [0.1, 0.15) is 21.5 Å². The van der Waals surface area contributed by atoms with Crippen molar-refractivity contribution < 1.29 is 14.3 Å². The summed E-state index contributed by atoms with van der Waals surface area (Å²) in [4.78, 5) is 32.8. The highest BCUT2D eigenvalue weighted by atomic mass is 35.5. The summed E-state index contributed by atoms with van der Waals surface area (Å²) in [5.41, 5.74) is 3.14. The van der Waals surface area contributed by atoms with Crippen LogP contribution in [-0.2, 0) is 17.8 Å². The van der Waals surface area contributed by atoms with E-state index in [1.165, 1.54) is 0 Å². The third-order valence-electron chi connectivity index (χ3n) is 5.86. The minimum absolute atomic E-state index is 0.248. The number of pyridine rings is 1.